The van der Waals surface area contributed by atoms with Crippen molar-refractivity contribution in [2.75, 3.05) is 18.8 Å². The van der Waals surface area contributed by atoms with E-state index in [4.69, 9.17) is 0 Å². The van der Waals surface area contributed by atoms with Crippen molar-refractivity contribution in [3.05, 3.63) is 5.82 Å². The number of rotatable bonds is 5. The molecule has 1 aliphatic carbocycles. The Morgan fingerprint density at radius 2 is 2.05 bits per heavy atom. The van der Waals surface area contributed by atoms with Gasteiger partial charge in [0.2, 0.25) is 5.91 Å². The normalized spacial score (nSPS) is 19.1. The van der Waals surface area contributed by atoms with Crippen molar-refractivity contribution in [2.45, 2.75) is 50.2 Å². The van der Waals surface area contributed by atoms with Gasteiger partial charge in [-0.25, -0.2) is 0 Å². The van der Waals surface area contributed by atoms with Gasteiger partial charge in [0.15, 0.2) is 5.16 Å². The molecule has 2 aliphatic rings. The Bertz CT molecular complexity index is 463. The Morgan fingerprint density at radius 1 is 1.32 bits per heavy atom. The highest BCUT2D eigenvalue weighted by Gasteiger charge is 2.30. The van der Waals surface area contributed by atoms with Crippen LogP contribution in [0.3, 0.4) is 0 Å². The number of aromatic nitrogens is 3. The van der Waals surface area contributed by atoms with Gasteiger partial charge in [-0.15, -0.1) is 10.2 Å². The van der Waals surface area contributed by atoms with Gasteiger partial charge >= 0.3 is 0 Å². The van der Waals surface area contributed by atoms with Gasteiger partial charge in [-0.05, 0) is 32.6 Å². The van der Waals surface area contributed by atoms with Crippen molar-refractivity contribution in [1.29, 1.82) is 0 Å². The number of carbonyl (C=O) groups excluding carboxylic acids is 1. The van der Waals surface area contributed by atoms with Gasteiger partial charge in [0.25, 0.3) is 0 Å². The zero-order valence-corrected chi connectivity index (χ0v) is 12.2. The van der Waals surface area contributed by atoms with E-state index in [1.165, 1.54) is 24.6 Å². The van der Waals surface area contributed by atoms with Gasteiger partial charge in [-0.2, -0.15) is 0 Å². The summed E-state index contributed by atoms with van der Waals surface area (Å²) in [7, 11) is 0. The second-order valence-electron chi connectivity index (χ2n) is 5.24. The lowest BCUT2D eigenvalue weighted by molar-refractivity contribution is -0.127. The van der Waals surface area contributed by atoms with Crippen LogP contribution in [0.15, 0.2) is 5.16 Å². The molecule has 0 unspecified atom stereocenters. The Morgan fingerprint density at radius 3 is 2.68 bits per heavy atom. The number of amides is 1. The summed E-state index contributed by atoms with van der Waals surface area (Å²) < 4.78 is 2.17. The summed E-state index contributed by atoms with van der Waals surface area (Å²) in [6, 6.07) is 0. The van der Waals surface area contributed by atoms with Crippen LogP contribution < -0.4 is 0 Å². The van der Waals surface area contributed by atoms with E-state index in [9.17, 15) is 4.79 Å². The van der Waals surface area contributed by atoms with Crippen LogP contribution in [-0.4, -0.2) is 44.4 Å². The van der Waals surface area contributed by atoms with E-state index < -0.39 is 0 Å². The first kappa shape index (κ1) is 13.0. The van der Waals surface area contributed by atoms with Crippen molar-refractivity contribution in [3.63, 3.8) is 0 Å². The quantitative estimate of drug-likeness (QED) is 0.773. The van der Waals surface area contributed by atoms with Gasteiger partial charge in [0, 0.05) is 25.6 Å². The van der Waals surface area contributed by atoms with E-state index in [2.05, 4.69) is 21.7 Å². The smallest absolute Gasteiger partial charge is 0.233 e. The molecule has 0 radical (unpaired) electrons. The molecule has 2 fully saturated rings. The van der Waals surface area contributed by atoms with Crippen LogP contribution in [0.5, 0.6) is 0 Å². The molecule has 104 valence electrons. The van der Waals surface area contributed by atoms with E-state index in [1.807, 2.05) is 4.90 Å². The average molecular weight is 280 g/mol. The molecule has 0 atom stereocenters. The molecule has 1 aromatic heterocycles. The maximum atomic E-state index is 12.0. The van der Waals surface area contributed by atoms with Crippen molar-refractivity contribution in [1.82, 2.24) is 19.7 Å². The molecule has 5 nitrogen and oxygen atoms in total. The maximum Gasteiger partial charge on any atom is 0.233 e. The standard InChI is InChI=1S/C13H20N4OS/c1-2-17-12(10-5-6-10)14-15-13(17)19-9-11(18)16-7-3-4-8-16/h10H,2-9H2,1H3. The molecule has 6 heteroatoms. The summed E-state index contributed by atoms with van der Waals surface area (Å²) in [5, 5.41) is 9.44. The van der Waals surface area contributed by atoms with Gasteiger partial charge in [0.05, 0.1) is 5.75 Å². The van der Waals surface area contributed by atoms with E-state index in [1.54, 1.807) is 0 Å². The minimum Gasteiger partial charge on any atom is -0.342 e. The first-order chi connectivity index (χ1) is 9.29. The first-order valence-corrected chi connectivity index (χ1v) is 8.12. The average Bonchev–Trinajstić information content (AvgIpc) is 2.97. The van der Waals surface area contributed by atoms with Gasteiger partial charge in [-0.1, -0.05) is 11.8 Å². The molecule has 1 aromatic rings. The zero-order chi connectivity index (χ0) is 13.2. The topological polar surface area (TPSA) is 51.0 Å². The van der Waals surface area contributed by atoms with Crippen molar-refractivity contribution in [2.24, 2.45) is 0 Å². The Labute approximate surface area is 117 Å². The molecule has 1 saturated carbocycles. The molecule has 0 aromatic carbocycles. The predicted octanol–water partition coefficient (Wildman–Crippen LogP) is 1.89. The van der Waals surface area contributed by atoms with Crippen molar-refractivity contribution >= 4 is 17.7 Å². The predicted molar refractivity (Wildman–Crippen MR) is 74.2 cm³/mol. The second kappa shape index (κ2) is 5.53. The highest BCUT2D eigenvalue weighted by atomic mass is 32.2. The number of nitrogens with zero attached hydrogens (tertiary/aromatic N) is 4. The Balaban J connectivity index is 1.61. The molecule has 0 spiro atoms. The molecule has 19 heavy (non-hydrogen) atoms. The van der Waals surface area contributed by atoms with Gasteiger partial charge < -0.3 is 9.47 Å². The molecular formula is C13H20N4OS. The Hall–Kier alpha value is -1.04. The molecule has 2 heterocycles. The second-order valence-corrected chi connectivity index (χ2v) is 6.18. The molecule has 1 saturated heterocycles. The minimum absolute atomic E-state index is 0.237. The lowest BCUT2D eigenvalue weighted by Crippen LogP contribution is -2.29. The van der Waals surface area contributed by atoms with Crippen molar-refractivity contribution in [3.8, 4) is 0 Å². The summed E-state index contributed by atoms with van der Waals surface area (Å²) in [5.41, 5.74) is 0. The fourth-order valence-electron chi connectivity index (χ4n) is 2.53. The maximum absolute atomic E-state index is 12.0. The molecule has 1 amide bonds. The van der Waals surface area contributed by atoms with E-state index in [0.717, 1.165) is 43.5 Å². The zero-order valence-electron chi connectivity index (χ0n) is 11.3. The molecule has 0 N–H and O–H groups in total. The lowest BCUT2D eigenvalue weighted by Gasteiger charge is -2.14. The Kier molecular flexibility index (Phi) is 3.77. The minimum atomic E-state index is 0.237. The summed E-state index contributed by atoms with van der Waals surface area (Å²) >= 11 is 1.53. The largest absolute Gasteiger partial charge is 0.342 e. The summed E-state index contributed by atoms with van der Waals surface area (Å²) in [6.45, 7) is 4.85. The number of likely N-dealkylation sites (tertiary alicyclic amines) is 1. The SMILES string of the molecule is CCn1c(SCC(=O)N2CCCC2)nnc1C1CC1. The number of thioether (sulfide) groups is 1. The van der Waals surface area contributed by atoms with Crippen LogP contribution in [0.4, 0.5) is 0 Å². The molecule has 1 aliphatic heterocycles. The summed E-state index contributed by atoms with van der Waals surface area (Å²) in [5.74, 6) is 2.44. The van der Waals surface area contributed by atoms with Gasteiger partial charge in [0.1, 0.15) is 5.82 Å². The van der Waals surface area contributed by atoms with Crippen LogP contribution in [0, 0.1) is 0 Å². The first-order valence-electron chi connectivity index (χ1n) is 7.13. The summed E-state index contributed by atoms with van der Waals surface area (Å²) in [6.07, 6.45) is 4.76. The molecule has 3 rings (SSSR count). The van der Waals surface area contributed by atoms with Crippen LogP contribution in [0.25, 0.3) is 0 Å². The monoisotopic (exact) mass is 280 g/mol. The fraction of sp³-hybridized carbons (Fsp3) is 0.769. The molecule has 0 bridgehead atoms. The van der Waals surface area contributed by atoms with E-state index in [-0.39, 0.29) is 5.91 Å². The van der Waals surface area contributed by atoms with Crippen LogP contribution >= 0.6 is 11.8 Å². The summed E-state index contributed by atoms with van der Waals surface area (Å²) in [4.78, 5) is 14.0. The van der Waals surface area contributed by atoms with Crippen LogP contribution in [0.2, 0.25) is 0 Å². The third-order valence-corrected chi connectivity index (χ3v) is 4.74. The van der Waals surface area contributed by atoms with E-state index in [0.29, 0.717) is 11.7 Å². The number of carbonyl (C=O) groups is 1. The third kappa shape index (κ3) is 2.78. The van der Waals surface area contributed by atoms with E-state index >= 15 is 0 Å². The van der Waals surface area contributed by atoms with Crippen molar-refractivity contribution < 1.29 is 4.79 Å². The fourth-order valence-corrected chi connectivity index (χ4v) is 3.44. The lowest BCUT2D eigenvalue weighted by atomic mass is 10.4. The highest BCUT2D eigenvalue weighted by Crippen LogP contribution is 2.39. The number of hydrogen-bond acceptors (Lipinski definition) is 4. The molecular weight excluding hydrogens is 260 g/mol. The van der Waals surface area contributed by atoms with Crippen LogP contribution in [-0.2, 0) is 11.3 Å². The van der Waals surface area contributed by atoms with Crippen LogP contribution in [0.1, 0.15) is 44.3 Å². The number of hydrogen-bond donors (Lipinski definition) is 0. The third-order valence-electron chi connectivity index (χ3n) is 3.79. The van der Waals surface area contributed by atoms with Gasteiger partial charge in [-0.3, -0.25) is 4.79 Å². The highest BCUT2D eigenvalue weighted by molar-refractivity contribution is 7.99.